The summed E-state index contributed by atoms with van der Waals surface area (Å²) in [7, 11) is 0. The Bertz CT molecular complexity index is 956. The van der Waals surface area contributed by atoms with Crippen LogP contribution in [0.25, 0.3) is 10.1 Å². The number of amides is 1. The third kappa shape index (κ3) is 4.10. The van der Waals surface area contributed by atoms with Crippen molar-refractivity contribution in [2.24, 2.45) is 0 Å². The normalized spacial score (nSPS) is 10.7. The number of carbonyl (C=O) groups excluding carboxylic acids is 2. The highest BCUT2D eigenvalue weighted by molar-refractivity contribution is 7.21. The lowest BCUT2D eigenvalue weighted by molar-refractivity contribution is -0.119. The molecule has 1 amide bonds. The SMILES string of the molecule is O=C(COC(=O)c1sc2cc(Cl)ccc2c1Cl)Nc1ccc(F)cc1. The number of esters is 1. The van der Waals surface area contributed by atoms with Crippen LogP contribution in [0.2, 0.25) is 10.0 Å². The van der Waals surface area contributed by atoms with E-state index in [0.29, 0.717) is 16.1 Å². The summed E-state index contributed by atoms with van der Waals surface area (Å²) in [5.74, 6) is -1.65. The Morgan fingerprint density at radius 3 is 2.56 bits per heavy atom. The van der Waals surface area contributed by atoms with E-state index < -0.39 is 24.3 Å². The van der Waals surface area contributed by atoms with Crippen molar-refractivity contribution in [3.63, 3.8) is 0 Å². The van der Waals surface area contributed by atoms with Gasteiger partial charge >= 0.3 is 5.97 Å². The molecule has 25 heavy (non-hydrogen) atoms. The molecule has 0 aliphatic carbocycles. The first-order chi connectivity index (χ1) is 11.9. The van der Waals surface area contributed by atoms with Gasteiger partial charge in [-0.3, -0.25) is 4.79 Å². The Morgan fingerprint density at radius 1 is 1.12 bits per heavy atom. The van der Waals surface area contributed by atoms with Crippen LogP contribution in [0.3, 0.4) is 0 Å². The van der Waals surface area contributed by atoms with Crippen LogP contribution in [-0.2, 0) is 9.53 Å². The fourth-order valence-corrected chi connectivity index (χ4v) is 3.78. The van der Waals surface area contributed by atoms with Gasteiger partial charge in [0.15, 0.2) is 6.61 Å². The largest absolute Gasteiger partial charge is 0.451 e. The molecule has 0 aliphatic rings. The third-order valence-corrected chi connectivity index (χ3v) is 5.11. The minimum atomic E-state index is -0.698. The summed E-state index contributed by atoms with van der Waals surface area (Å²) in [6.07, 6.45) is 0. The Hall–Kier alpha value is -2.15. The number of nitrogens with one attached hydrogen (secondary N) is 1. The van der Waals surface area contributed by atoms with E-state index in [9.17, 15) is 14.0 Å². The molecule has 3 aromatic rings. The Balaban J connectivity index is 1.65. The Morgan fingerprint density at radius 2 is 1.84 bits per heavy atom. The fourth-order valence-electron chi connectivity index (χ4n) is 2.10. The summed E-state index contributed by atoms with van der Waals surface area (Å²) in [4.78, 5) is 24.2. The van der Waals surface area contributed by atoms with Gasteiger partial charge in [0.25, 0.3) is 5.91 Å². The van der Waals surface area contributed by atoms with Crippen LogP contribution in [0.15, 0.2) is 42.5 Å². The average Bonchev–Trinajstić information content (AvgIpc) is 2.91. The first-order valence-electron chi connectivity index (χ1n) is 7.04. The van der Waals surface area contributed by atoms with E-state index in [-0.39, 0.29) is 9.90 Å². The summed E-state index contributed by atoms with van der Waals surface area (Å²) < 4.78 is 18.6. The lowest BCUT2D eigenvalue weighted by atomic mass is 10.2. The van der Waals surface area contributed by atoms with Gasteiger partial charge < -0.3 is 10.1 Å². The molecule has 1 aromatic heterocycles. The molecular weight excluding hydrogens is 388 g/mol. The predicted octanol–water partition coefficient (Wildman–Crippen LogP) is 5.14. The molecule has 4 nitrogen and oxygen atoms in total. The highest BCUT2D eigenvalue weighted by atomic mass is 35.5. The second-order valence-electron chi connectivity index (χ2n) is 5.02. The molecule has 0 atom stereocenters. The second kappa shape index (κ2) is 7.39. The molecule has 2 aromatic carbocycles. The molecule has 0 saturated carbocycles. The summed E-state index contributed by atoms with van der Waals surface area (Å²) in [6.45, 7) is -0.485. The molecule has 0 fully saturated rings. The van der Waals surface area contributed by atoms with Crippen molar-refractivity contribution in [3.8, 4) is 0 Å². The van der Waals surface area contributed by atoms with E-state index in [1.807, 2.05) is 0 Å². The molecule has 128 valence electrons. The van der Waals surface area contributed by atoms with Crippen molar-refractivity contribution in [1.82, 2.24) is 0 Å². The summed E-state index contributed by atoms with van der Waals surface area (Å²) in [6, 6.07) is 10.3. The van der Waals surface area contributed by atoms with Crippen molar-refractivity contribution >= 4 is 62.2 Å². The van der Waals surface area contributed by atoms with Crippen molar-refractivity contribution in [2.45, 2.75) is 0 Å². The molecule has 1 N–H and O–H groups in total. The number of thiophene rings is 1. The molecule has 0 spiro atoms. The number of rotatable bonds is 4. The molecule has 0 unspecified atom stereocenters. The van der Waals surface area contributed by atoms with E-state index in [4.69, 9.17) is 27.9 Å². The smallest absolute Gasteiger partial charge is 0.350 e. The zero-order valence-electron chi connectivity index (χ0n) is 12.5. The van der Waals surface area contributed by atoms with Crippen molar-refractivity contribution in [2.75, 3.05) is 11.9 Å². The Kier molecular flexibility index (Phi) is 5.22. The maximum absolute atomic E-state index is 12.8. The topological polar surface area (TPSA) is 55.4 Å². The number of benzene rings is 2. The molecule has 0 bridgehead atoms. The minimum Gasteiger partial charge on any atom is -0.451 e. The number of hydrogen-bond acceptors (Lipinski definition) is 4. The van der Waals surface area contributed by atoms with E-state index in [1.165, 1.54) is 24.3 Å². The summed E-state index contributed by atoms with van der Waals surface area (Å²) in [5, 5.41) is 3.98. The van der Waals surface area contributed by atoms with Gasteiger partial charge in [0.1, 0.15) is 10.7 Å². The number of carbonyl (C=O) groups is 2. The van der Waals surface area contributed by atoms with E-state index in [0.717, 1.165) is 16.0 Å². The van der Waals surface area contributed by atoms with Gasteiger partial charge in [0.05, 0.1) is 5.02 Å². The highest BCUT2D eigenvalue weighted by Crippen LogP contribution is 2.37. The van der Waals surface area contributed by atoms with Crippen molar-refractivity contribution < 1.29 is 18.7 Å². The van der Waals surface area contributed by atoms with Gasteiger partial charge in [-0.25, -0.2) is 9.18 Å². The fraction of sp³-hybridized carbons (Fsp3) is 0.0588. The number of halogens is 3. The summed E-state index contributed by atoms with van der Waals surface area (Å²) >= 11 is 13.3. The molecule has 0 aliphatic heterocycles. The summed E-state index contributed by atoms with van der Waals surface area (Å²) in [5.41, 5.74) is 0.400. The first kappa shape index (κ1) is 17.7. The molecule has 0 saturated heterocycles. The van der Waals surface area contributed by atoms with Gasteiger partial charge in [-0.2, -0.15) is 0 Å². The standard InChI is InChI=1S/C17H10Cl2FNO3S/c18-9-1-6-12-13(7-9)25-16(15(12)19)17(23)24-8-14(22)21-11-4-2-10(20)3-5-11/h1-7H,8H2,(H,21,22). The van der Waals surface area contributed by atoms with Crippen LogP contribution < -0.4 is 5.32 Å². The zero-order valence-corrected chi connectivity index (χ0v) is 14.8. The molecule has 3 rings (SSSR count). The molecule has 0 radical (unpaired) electrons. The second-order valence-corrected chi connectivity index (χ2v) is 6.88. The highest BCUT2D eigenvalue weighted by Gasteiger charge is 2.19. The van der Waals surface area contributed by atoms with Gasteiger partial charge in [-0.1, -0.05) is 29.3 Å². The average molecular weight is 398 g/mol. The maximum Gasteiger partial charge on any atom is 0.350 e. The maximum atomic E-state index is 12.8. The van der Waals surface area contributed by atoms with Crippen LogP contribution in [0.4, 0.5) is 10.1 Å². The van der Waals surface area contributed by atoms with E-state index >= 15 is 0 Å². The van der Waals surface area contributed by atoms with E-state index in [1.54, 1.807) is 18.2 Å². The zero-order chi connectivity index (χ0) is 18.0. The van der Waals surface area contributed by atoms with Crippen LogP contribution in [-0.4, -0.2) is 18.5 Å². The first-order valence-corrected chi connectivity index (χ1v) is 8.61. The van der Waals surface area contributed by atoms with Gasteiger partial charge in [-0.05, 0) is 36.4 Å². The van der Waals surface area contributed by atoms with Gasteiger partial charge in [0, 0.05) is 20.8 Å². The van der Waals surface area contributed by atoms with Crippen molar-refractivity contribution in [3.05, 3.63) is 63.2 Å². The lowest BCUT2D eigenvalue weighted by Gasteiger charge is -2.06. The number of ether oxygens (including phenoxy) is 1. The Labute approximate surface area is 156 Å². The van der Waals surface area contributed by atoms with Gasteiger partial charge in [0.2, 0.25) is 0 Å². The minimum absolute atomic E-state index is 0.202. The number of anilines is 1. The molecule has 8 heteroatoms. The van der Waals surface area contributed by atoms with Crippen LogP contribution in [0, 0.1) is 5.82 Å². The number of hydrogen-bond donors (Lipinski definition) is 1. The predicted molar refractivity (Wildman–Crippen MR) is 97.2 cm³/mol. The molecule has 1 heterocycles. The molecular formula is C17H10Cl2FNO3S. The lowest BCUT2D eigenvalue weighted by Crippen LogP contribution is -2.20. The monoisotopic (exact) mass is 397 g/mol. The van der Waals surface area contributed by atoms with E-state index in [2.05, 4.69) is 5.32 Å². The van der Waals surface area contributed by atoms with Crippen LogP contribution >= 0.6 is 34.5 Å². The number of fused-ring (bicyclic) bond motifs is 1. The third-order valence-electron chi connectivity index (χ3n) is 3.24. The van der Waals surface area contributed by atoms with Crippen LogP contribution in [0.1, 0.15) is 9.67 Å². The van der Waals surface area contributed by atoms with Crippen LogP contribution in [0.5, 0.6) is 0 Å². The van der Waals surface area contributed by atoms with Crippen molar-refractivity contribution in [1.29, 1.82) is 0 Å². The van der Waals surface area contributed by atoms with Gasteiger partial charge in [-0.15, -0.1) is 11.3 Å². The quantitative estimate of drug-likeness (QED) is 0.619.